The fraction of sp³-hybridized carbons (Fsp3) is 0.412. The van der Waals surface area contributed by atoms with Crippen LogP contribution in [0.1, 0.15) is 18.5 Å². The Morgan fingerprint density at radius 2 is 1.97 bits per heavy atom. The minimum absolute atomic E-state index is 0.00360. The van der Waals surface area contributed by atoms with E-state index in [0.29, 0.717) is 15.9 Å². The number of benzene rings is 1. The zero-order chi connectivity index (χ0) is 20.6. The molecule has 9 nitrogen and oxygen atoms in total. The number of rotatable bonds is 7. The van der Waals surface area contributed by atoms with E-state index in [0.717, 1.165) is 0 Å². The summed E-state index contributed by atoms with van der Waals surface area (Å²) in [6.07, 6.45) is -0.875. The van der Waals surface area contributed by atoms with Crippen LogP contribution in [0.2, 0.25) is 4.47 Å². The minimum Gasteiger partial charge on any atom is -0.487 e. The highest BCUT2D eigenvalue weighted by molar-refractivity contribution is 7.89. The van der Waals surface area contributed by atoms with Crippen molar-refractivity contribution in [3.8, 4) is 5.75 Å². The molecule has 2 heterocycles. The number of thiazole rings is 1. The van der Waals surface area contributed by atoms with Crippen LogP contribution in [-0.4, -0.2) is 49.0 Å². The van der Waals surface area contributed by atoms with Gasteiger partial charge in [0.1, 0.15) is 24.7 Å². The Morgan fingerprint density at radius 3 is 2.52 bits per heavy atom. The van der Waals surface area contributed by atoms with Crippen LogP contribution >= 0.6 is 22.9 Å². The van der Waals surface area contributed by atoms with Crippen molar-refractivity contribution in [2.24, 2.45) is 0 Å². The highest BCUT2D eigenvalue weighted by atomic mass is 35.5. The fourth-order valence-corrected chi connectivity index (χ4v) is 5.57. The Balaban J connectivity index is 1.46. The van der Waals surface area contributed by atoms with Crippen molar-refractivity contribution in [1.29, 1.82) is 0 Å². The Kier molecular flexibility index (Phi) is 5.53. The molecule has 0 radical (unpaired) electrons. The third kappa shape index (κ3) is 4.25. The van der Waals surface area contributed by atoms with Crippen molar-refractivity contribution in [3.63, 3.8) is 0 Å². The molecular weight excluding hydrogens is 444 g/mol. The second-order valence-corrected chi connectivity index (χ2v) is 9.90. The Hall–Kier alpha value is -1.76. The maximum absolute atomic E-state index is 12.8. The lowest BCUT2D eigenvalue weighted by atomic mass is 9.99. The lowest BCUT2D eigenvalue weighted by Gasteiger charge is -2.26. The quantitative estimate of drug-likeness (QED) is 0.643. The Bertz CT molecular complexity index is 997. The molecule has 1 saturated carbocycles. The summed E-state index contributed by atoms with van der Waals surface area (Å²) >= 11 is 7.06. The van der Waals surface area contributed by atoms with Crippen LogP contribution in [0, 0.1) is 0 Å². The molecule has 2 N–H and O–H groups in total. The predicted molar refractivity (Wildman–Crippen MR) is 102 cm³/mol. The molecule has 0 bridgehead atoms. The number of hydrogen-bond acceptors (Lipinski definition) is 8. The fourth-order valence-electron chi connectivity index (χ4n) is 3.42. The molecule has 29 heavy (non-hydrogen) atoms. The van der Waals surface area contributed by atoms with E-state index in [2.05, 4.69) is 9.71 Å². The first kappa shape index (κ1) is 20.5. The van der Waals surface area contributed by atoms with Crippen molar-refractivity contribution in [3.05, 3.63) is 39.8 Å². The second-order valence-electron chi connectivity index (χ2n) is 6.78. The molecule has 2 unspecified atom stereocenters. The van der Waals surface area contributed by atoms with Gasteiger partial charge in [0.15, 0.2) is 4.47 Å². The van der Waals surface area contributed by atoms with Gasteiger partial charge in [0.05, 0.1) is 22.8 Å². The smallest absolute Gasteiger partial charge is 0.325 e. The normalized spacial score (nSPS) is 26.4. The molecule has 1 saturated heterocycles. The molecule has 2 aliphatic rings. The maximum atomic E-state index is 12.8. The molecule has 2 aromatic rings. The number of ether oxygens (including phenoxy) is 3. The van der Waals surface area contributed by atoms with E-state index in [9.17, 15) is 18.3 Å². The molecule has 0 amide bonds. The third-order valence-corrected chi connectivity index (χ3v) is 7.44. The highest BCUT2D eigenvalue weighted by Crippen LogP contribution is 2.38. The average Bonchev–Trinajstić information content (AvgIpc) is 3.35. The zero-order valence-electron chi connectivity index (χ0n) is 14.9. The summed E-state index contributed by atoms with van der Waals surface area (Å²) in [7, 11) is -4.08. The summed E-state index contributed by atoms with van der Waals surface area (Å²) in [5.74, 6) is -0.817. The summed E-state index contributed by atoms with van der Waals surface area (Å²) in [6, 6.07) is 5.69. The number of sulfonamides is 1. The summed E-state index contributed by atoms with van der Waals surface area (Å²) < 4.78 is 44.6. The molecule has 1 aliphatic carbocycles. The van der Waals surface area contributed by atoms with Gasteiger partial charge in [-0.3, -0.25) is 4.79 Å². The van der Waals surface area contributed by atoms with Gasteiger partial charge in [0.2, 0.25) is 10.0 Å². The van der Waals surface area contributed by atoms with Crippen LogP contribution in [0.25, 0.3) is 0 Å². The molecule has 1 aliphatic heterocycles. The number of carbonyl (C=O) groups is 1. The molecular formula is C17H17ClN2O7S2. The number of nitrogens with zero attached hydrogens (tertiary/aromatic N) is 1. The number of carboxylic acid groups (broad SMARTS) is 1. The summed E-state index contributed by atoms with van der Waals surface area (Å²) in [5, 5.41) is 11.4. The van der Waals surface area contributed by atoms with Crippen molar-refractivity contribution in [2.45, 2.75) is 42.1 Å². The topological polar surface area (TPSA) is 124 Å². The first-order chi connectivity index (χ1) is 13.8. The first-order valence-corrected chi connectivity index (χ1v) is 11.3. The number of halogens is 1. The maximum Gasteiger partial charge on any atom is 0.325 e. The standard InChI is InChI=1S/C17H17ClN2O7S2/c18-16-19-10(8-28-16)7-25-11-1-3-12(4-2-11)29(23,24)20-17(15(21)22)5-13-14(6-17)27-9-26-13/h1-4,8,13-14,20H,5-7,9H2,(H,21,22). The van der Waals surface area contributed by atoms with Crippen LogP contribution in [0.5, 0.6) is 5.75 Å². The second kappa shape index (κ2) is 7.82. The van der Waals surface area contributed by atoms with E-state index in [-0.39, 0.29) is 31.1 Å². The third-order valence-electron chi connectivity index (χ3n) is 4.86. The number of aliphatic carboxylic acids is 1. The van der Waals surface area contributed by atoms with Crippen LogP contribution < -0.4 is 9.46 Å². The summed E-state index contributed by atoms with van der Waals surface area (Å²) in [6.45, 7) is 0.283. The summed E-state index contributed by atoms with van der Waals surface area (Å²) in [4.78, 5) is 15.9. The van der Waals surface area contributed by atoms with Gasteiger partial charge in [0, 0.05) is 18.2 Å². The van der Waals surface area contributed by atoms with Crippen molar-refractivity contribution >= 4 is 38.9 Å². The average molecular weight is 461 g/mol. The molecule has 2 fully saturated rings. The van der Waals surface area contributed by atoms with Gasteiger partial charge in [-0.15, -0.1) is 11.3 Å². The van der Waals surface area contributed by atoms with Crippen LogP contribution in [0.15, 0.2) is 34.5 Å². The molecule has 1 aromatic carbocycles. The van der Waals surface area contributed by atoms with Gasteiger partial charge < -0.3 is 19.3 Å². The Labute approximate surface area is 175 Å². The van der Waals surface area contributed by atoms with E-state index < -0.39 is 33.7 Å². The van der Waals surface area contributed by atoms with Gasteiger partial charge in [-0.1, -0.05) is 11.6 Å². The number of fused-ring (bicyclic) bond motifs is 1. The van der Waals surface area contributed by atoms with E-state index in [1.54, 1.807) is 5.38 Å². The van der Waals surface area contributed by atoms with Crippen molar-refractivity contribution in [2.75, 3.05) is 6.79 Å². The minimum atomic E-state index is -4.08. The van der Waals surface area contributed by atoms with Crippen molar-refractivity contribution in [1.82, 2.24) is 9.71 Å². The zero-order valence-corrected chi connectivity index (χ0v) is 17.3. The largest absolute Gasteiger partial charge is 0.487 e. The van der Waals surface area contributed by atoms with E-state index in [1.165, 1.54) is 35.6 Å². The number of aromatic nitrogens is 1. The van der Waals surface area contributed by atoms with E-state index in [4.69, 9.17) is 25.8 Å². The van der Waals surface area contributed by atoms with E-state index in [1.807, 2.05) is 0 Å². The molecule has 4 rings (SSSR count). The number of hydrogen-bond donors (Lipinski definition) is 2. The summed E-state index contributed by atoms with van der Waals surface area (Å²) in [5.41, 5.74) is -1.01. The lowest BCUT2D eigenvalue weighted by Crippen LogP contribution is -2.53. The number of nitrogens with one attached hydrogen (secondary N) is 1. The monoisotopic (exact) mass is 460 g/mol. The van der Waals surface area contributed by atoms with E-state index >= 15 is 0 Å². The first-order valence-electron chi connectivity index (χ1n) is 8.61. The van der Waals surface area contributed by atoms with Gasteiger partial charge in [-0.05, 0) is 24.3 Å². The highest BCUT2D eigenvalue weighted by Gasteiger charge is 2.55. The molecule has 0 spiro atoms. The van der Waals surface area contributed by atoms with Gasteiger partial charge in [-0.25, -0.2) is 13.4 Å². The lowest BCUT2D eigenvalue weighted by molar-refractivity contribution is -0.145. The Morgan fingerprint density at radius 1 is 1.31 bits per heavy atom. The molecule has 12 heteroatoms. The van der Waals surface area contributed by atoms with Gasteiger partial charge >= 0.3 is 5.97 Å². The molecule has 2 atom stereocenters. The number of carboxylic acids is 1. The van der Waals surface area contributed by atoms with Crippen LogP contribution in [0.4, 0.5) is 0 Å². The van der Waals surface area contributed by atoms with Crippen molar-refractivity contribution < 1.29 is 32.5 Å². The predicted octanol–water partition coefficient (Wildman–Crippen LogP) is 2.01. The van der Waals surface area contributed by atoms with Crippen LogP contribution in [-0.2, 0) is 30.9 Å². The molecule has 156 valence electrons. The van der Waals surface area contributed by atoms with Gasteiger partial charge in [0.25, 0.3) is 0 Å². The van der Waals surface area contributed by atoms with Crippen LogP contribution in [0.3, 0.4) is 0 Å². The molecule has 1 aromatic heterocycles. The van der Waals surface area contributed by atoms with Gasteiger partial charge in [-0.2, -0.15) is 4.72 Å². The SMILES string of the molecule is O=C(O)C1(NS(=O)(=O)c2ccc(OCc3csc(Cl)n3)cc2)CC2OCOC2C1.